The molecule has 2 amide bonds. The molecule has 122 valence electrons. The Labute approximate surface area is 137 Å². The molecule has 2 rings (SSSR count). The Morgan fingerprint density at radius 1 is 1.27 bits per heavy atom. The first-order valence-corrected chi connectivity index (χ1v) is 7.37. The van der Waals surface area contributed by atoms with Gasteiger partial charge in [-0.1, -0.05) is 12.1 Å². The predicted molar refractivity (Wildman–Crippen MR) is 90.3 cm³/mol. The van der Waals surface area contributed by atoms with E-state index in [-0.39, 0.29) is 30.1 Å². The number of benzene rings is 1. The lowest BCUT2D eigenvalue weighted by molar-refractivity contribution is -0.128. The molecule has 0 spiro atoms. The molecule has 1 saturated heterocycles. The molecule has 0 aliphatic carbocycles. The molecule has 2 N–H and O–H groups in total. The van der Waals surface area contributed by atoms with Crippen molar-refractivity contribution in [2.45, 2.75) is 19.3 Å². The van der Waals surface area contributed by atoms with E-state index >= 15 is 0 Å². The molecule has 0 saturated carbocycles. The summed E-state index contributed by atoms with van der Waals surface area (Å²) < 4.78 is 0. The molecule has 1 atom stereocenters. The summed E-state index contributed by atoms with van der Waals surface area (Å²) >= 11 is 0. The third-order valence-electron chi connectivity index (χ3n) is 3.74. The number of amides is 2. The summed E-state index contributed by atoms with van der Waals surface area (Å²) in [5.74, 6) is 0.188. The van der Waals surface area contributed by atoms with E-state index in [1.54, 1.807) is 19.0 Å². The van der Waals surface area contributed by atoms with Crippen molar-refractivity contribution >= 4 is 29.9 Å². The molecule has 1 fully saturated rings. The average Bonchev–Trinajstić information content (AvgIpc) is 2.50. The quantitative estimate of drug-likeness (QED) is 0.885. The van der Waals surface area contributed by atoms with Gasteiger partial charge in [-0.3, -0.25) is 9.59 Å². The molecular weight excluding hydrogens is 302 g/mol. The van der Waals surface area contributed by atoms with E-state index in [1.165, 1.54) is 0 Å². The fraction of sp³-hybridized carbons (Fsp3) is 0.500. The van der Waals surface area contributed by atoms with Gasteiger partial charge in [-0.15, -0.1) is 12.4 Å². The van der Waals surface area contributed by atoms with E-state index in [9.17, 15) is 9.59 Å². The van der Waals surface area contributed by atoms with E-state index in [4.69, 9.17) is 0 Å². The molecule has 0 radical (unpaired) electrons. The molecule has 1 aromatic rings. The van der Waals surface area contributed by atoms with Gasteiger partial charge in [0.1, 0.15) is 0 Å². The second kappa shape index (κ2) is 8.76. The Hall–Kier alpha value is -1.59. The van der Waals surface area contributed by atoms with Gasteiger partial charge in [-0.2, -0.15) is 0 Å². The van der Waals surface area contributed by atoms with Crippen molar-refractivity contribution in [3.05, 3.63) is 29.8 Å². The maximum atomic E-state index is 12.1. The van der Waals surface area contributed by atoms with Crippen molar-refractivity contribution < 1.29 is 9.59 Å². The third-order valence-corrected chi connectivity index (χ3v) is 3.74. The zero-order valence-electron chi connectivity index (χ0n) is 13.1. The van der Waals surface area contributed by atoms with Crippen LogP contribution in [0.5, 0.6) is 0 Å². The molecule has 1 aromatic carbocycles. The lowest BCUT2D eigenvalue weighted by Gasteiger charge is -2.21. The second-order valence-corrected chi connectivity index (χ2v) is 5.69. The predicted octanol–water partition coefficient (Wildman–Crippen LogP) is 1.68. The van der Waals surface area contributed by atoms with Crippen LogP contribution in [0.1, 0.15) is 18.4 Å². The minimum absolute atomic E-state index is 0. The summed E-state index contributed by atoms with van der Waals surface area (Å²) in [5.41, 5.74) is 1.73. The number of hydrogen-bond donors (Lipinski definition) is 2. The normalized spacial score (nSPS) is 17.3. The monoisotopic (exact) mass is 325 g/mol. The van der Waals surface area contributed by atoms with Crippen LogP contribution in [0.2, 0.25) is 0 Å². The van der Waals surface area contributed by atoms with Gasteiger partial charge in [0.25, 0.3) is 0 Å². The zero-order valence-corrected chi connectivity index (χ0v) is 13.9. The number of piperidine rings is 1. The Morgan fingerprint density at radius 2 is 1.95 bits per heavy atom. The number of nitrogens with zero attached hydrogens (tertiary/aromatic N) is 1. The molecule has 22 heavy (non-hydrogen) atoms. The Bertz CT molecular complexity index is 497. The number of likely N-dealkylation sites (N-methyl/N-ethyl adjacent to an activating group) is 1. The van der Waals surface area contributed by atoms with Crippen molar-refractivity contribution in [3.63, 3.8) is 0 Å². The van der Waals surface area contributed by atoms with E-state index in [0.29, 0.717) is 6.42 Å². The fourth-order valence-electron chi connectivity index (χ4n) is 2.36. The first kappa shape index (κ1) is 18.5. The Morgan fingerprint density at radius 3 is 2.50 bits per heavy atom. The van der Waals surface area contributed by atoms with Gasteiger partial charge in [0.05, 0.1) is 12.3 Å². The number of rotatable bonds is 4. The number of carbonyl (C=O) groups excluding carboxylic acids is 2. The van der Waals surface area contributed by atoms with Gasteiger partial charge in [0.15, 0.2) is 0 Å². The molecule has 6 heteroatoms. The highest BCUT2D eigenvalue weighted by atomic mass is 35.5. The van der Waals surface area contributed by atoms with Crippen LogP contribution in [-0.2, 0) is 16.0 Å². The van der Waals surface area contributed by atoms with Crippen LogP contribution >= 0.6 is 12.4 Å². The van der Waals surface area contributed by atoms with E-state index < -0.39 is 0 Å². The van der Waals surface area contributed by atoms with Crippen molar-refractivity contribution in [2.75, 3.05) is 32.5 Å². The average molecular weight is 326 g/mol. The molecule has 1 heterocycles. The van der Waals surface area contributed by atoms with Crippen LogP contribution in [-0.4, -0.2) is 43.9 Å². The standard InChI is InChI=1S/C16H23N3O2.ClH/c1-19(2)15(20)10-12-5-7-14(8-6-12)18-16(21)13-4-3-9-17-11-13;/h5-8,13,17H,3-4,9-11H2,1-2H3,(H,18,21);1H/t13-;/m1./s1. The SMILES string of the molecule is CN(C)C(=O)Cc1ccc(NC(=O)[C@@H]2CCCNC2)cc1.Cl. The summed E-state index contributed by atoms with van der Waals surface area (Å²) in [7, 11) is 3.49. The second-order valence-electron chi connectivity index (χ2n) is 5.69. The number of halogens is 1. The molecule has 0 unspecified atom stereocenters. The first-order chi connectivity index (χ1) is 10.1. The number of nitrogens with one attached hydrogen (secondary N) is 2. The van der Waals surface area contributed by atoms with Gasteiger partial charge in [-0.25, -0.2) is 0 Å². The molecule has 5 nitrogen and oxygen atoms in total. The van der Waals surface area contributed by atoms with Crippen molar-refractivity contribution in [3.8, 4) is 0 Å². The first-order valence-electron chi connectivity index (χ1n) is 7.37. The molecule has 0 aromatic heterocycles. The lowest BCUT2D eigenvalue weighted by atomic mass is 9.99. The molecule has 0 bridgehead atoms. The van der Waals surface area contributed by atoms with Gasteiger partial charge in [0, 0.05) is 26.3 Å². The lowest BCUT2D eigenvalue weighted by Crippen LogP contribution is -2.37. The highest BCUT2D eigenvalue weighted by molar-refractivity contribution is 5.92. The van der Waals surface area contributed by atoms with Gasteiger partial charge < -0.3 is 15.5 Å². The summed E-state index contributed by atoms with van der Waals surface area (Å²) in [6.07, 6.45) is 2.37. The highest BCUT2D eigenvalue weighted by Gasteiger charge is 2.20. The largest absolute Gasteiger partial charge is 0.349 e. The fourth-order valence-corrected chi connectivity index (χ4v) is 2.36. The van der Waals surface area contributed by atoms with Gasteiger partial charge in [-0.05, 0) is 37.1 Å². The summed E-state index contributed by atoms with van der Waals surface area (Å²) in [5, 5.41) is 6.18. The van der Waals surface area contributed by atoms with Crippen LogP contribution in [0, 0.1) is 5.92 Å². The summed E-state index contributed by atoms with van der Waals surface area (Å²) in [4.78, 5) is 25.3. The van der Waals surface area contributed by atoms with Crippen molar-refractivity contribution in [1.82, 2.24) is 10.2 Å². The van der Waals surface area contributed by atoms with Crippen LogP contribution in [0.15, 0.2) is 24.3 Å². The molecule has 1 aliphatic heterocycles. The summed E-state index contributed by atoms with van der Waals surface area (Å²) in [6, 6.07) is 7.48. The Balaban J connectivity index is 0.00000242. The summed E-state index contributed by atoms with van der Waals surface area (Å²) in [6.45, 7) is 1.75. The van der Waals surface area contributed by atoms with Crippen molar-refractivity contribution in [2.24, 2.45) is 5.92 Å². The van der Waals surface area contributed by atoms with Gasteiger partial charge in [0.2, 0.25) is 11.8 Å². The van der Waals surface area contributed by atoms with E-state index in [0.717, 1.165) is 37.2 Å². The molecular formula is C16H24ClN3O2. The Kier molecular flexibility index (Phi) is 7.35. The highest BCUT2D eigenvalue weighted by Crippen LogP contribution is 2.15. The van der Waals surface area contributed by atoms with Crippen LogP contribution in [0.3, 0.4) is 0 Å². The third kappa shape index (κ3) is 5.31. The van der Waals surface area contributed by atoms with E-state index in [1.807, 2.05) is 24.3 Å². The number of hydrogen-bond acceptors (Lipinski definition) is 3. The smallest absolute Gasteiger partial charge is 0.228 e. The van der Waals surface area contributed by atoms with Crippen LogP contribution < -0.4 is 10.6 Å². The van der Waals surface area contributed by atoms with Crippen LogP contribution in [0.4, 0.5) is 5.69 Å². The minimum atomic E-state index is 0. The minimum Gasteiger partial charge on any atom is -0.349 e. The number of carbonyl (C=O) groups is 2. The zero-order chi connectivity index (χ0) is 15.2. The number of anilines is 1. The van der Waals surface area contributed by atoms with Crippen molar-refractivity contribution in [1.29, 1.82) is 0 Å². The molecule has 1 aliphatic rings. The van der Waals surface area contributed by atoms with E-state index in [2.05, 4.69) is 10.6 Å². The topological polar surface area (TPSA) is 61.4 Å². The van der Waals surface area contributed by atoms with Gasteiger partial charge >= 0.3 is 0 Å². The van der Waals surface area contributed by atoms with Crippen LogP contribution in [0.25, 0.3) is 0 Å². The maximum Gasteiger partial charge on any atom is 0.228 e. The maximum absolute atomic E-state index is 12.1.